The maximum atomic E-state index is 11.6. The molecule has 0 bridgehead atoms. The number of amides is 2. The maximum absolute atomic E-state index is 11.6. The largest absolute Gasteiger partial charge is 0.376 e. The Labute approximate surface area is 112 Å². The lowest BCUT2D eigenvalue weighted by Crippen LogP contribution is -2.33. The van der Waals surface area contributed by atoms with Gasteiger partial charge >= 0.3 is 0 Å². The Morgan fingerprint density at radius 3 is 2.84 bits per heavy atom. The fourth-order valence-electron chi connectivity index (χ4n) is 1.69. The van der Waals surface area contributed by atoms with Crippen LogP contribution in [0.1, 0.15) is 26.2 Å². The summed E-state index contributed by atoms with van der Waals surface area (Å²) in [4.78, 5) is 22.7. The summed E-state index contributed by atoms with van der Waals surface area (Å²) in [5, 5.41) is 6.59. The molecule has 0 unspecified atom stereocenters. The quantitative estimate of drug-likeness (QED) is 0.496. The fourth-order valence-corrected chi connectivity index (χ4v) is 1.69. The van der Waals surface area contributed by atoms with Crippen LogP contribution in [0.4, 0.5) is 0 Å². The summed E-state index contributed by atoms with van der Waals surface area (Å²) in [6.45, 7) is 2.93. The molecule has 1 saturated heterocycles. The van der Waals surface area contributed by atoms with E-state index in [1.54, 1.807) is 6.92 Å². The van der Waals surface area contributed by atoms with E-state index in [1.165, 1.54) is 7.11 Å². The molecule has 0 radical (unpaired) electrons. The van der Waals surface area contributed by atoms with Crippen LogP contribution in [0.3, 0.4) is 0 Å². The molecule has 1 fully saturated rings. The molecule has 7 nitrogen and oxygen atoms in total. The molecule has 2 amide bonds. The van der Waals surface area contributed by atoms with Gasteiger partial charge in [-0.3, -0.25) is 9.59 Å². The van der Waals surface area contributed by atoms with Gasteiger partial charge in [0, 0.05) is 26.0 Å². The molecule has 2 N–H and O–H groups in total. The Morgan fingerprint density at radius 2 is 2.21 bits per heavy atom. The van der Waals surface area contributed by atoms with Crippen LogP contribution in [0.25, 0.3) is 0 Å². The molecule has 0 spiro atoms. The smallest absolute Gasteiger partial charge is 0.266 e. The van der Waals surface area contributed by atoms with Crippen molar-refractivity contribution in [3.05, 3.63) is 0 Å². The summed E-state index contributed by atoms with van der Waals surface area (Å²) in [6, 6.07) is 0. The van der Waals surface area contributed by atoms with Crippen molar-refractivity contribution in [1.82, 2.24) is 10.7 Å². The lowest BCUT2D eigenvalue weighted by molar-refractivity contribution is -0.125. The highest BCUT2D eigenvalue weighted by atomic mass is 16.5. The number of nitrogens with zero attached hydrogens (tertiary/aromatic N) is 1. The summed E-state index contributed by atoms with van der Waals surface area (Å²) in [5.74, 6) is -0.473. The lowest BCUT2D eigenvalue weighted by atomic mass is 10.2. The second kappa shape index (κ2) is 8.60. The van der Waals surface area contributed by atoms with Gasteiger partial charge in [0.1, 0.15) is 6.61 Å². The Balaban J connectivity index is 2.18. The molecule has 108 valence electrons. The van der Waals surface area contributed by atoms with E-state index in [0.717, 1.165) is 19.4 Å². The minimum absolute atomic E-state index is 0.0536. The molecule has 1 aliphatic rings. The number of nitrogens with one attached hydrogen (secondary N) is 2. The zero-order valence-corrected chi connectivity index (χ0v) is 11.4. The molecule has 0 aromatic carbocycles. The number of hydrogen-bond donors (Lipinski definition) is 2. The number of methoxy groups -OCH3 is 1. The van der Waals surface area contributed by atoms with Crippen LogP contribution in [0.15, 0.2) is 5.10 Å². The molecule has 1 heterocycles. The maximum Gasteiger partial charge on any atom is 0.266 e. The van der Waals surface area contributed by atoms with Crippen LogP contribution < -0.4 is 10.7 Å². The first-order chi connectivity index (χ1) is 9.11. The zero-order chi connectivity index (χ0) is 14.1. The Morgan fingerprint density at radius 1 is 1.42 bits per heavy atom. The van der Waals surface area contributed by atoms with E-state index in [4.69, 9.17) is 4.74 Å². The summed E-state index contributed by atoms with van der Waals surface area (Å²) in [7, 11) is 1.43. The van der Waals surface area contributed by atoms with Crippen molar-refractivity contribution < 1.29 is 19.1 Å². The SMILES string of the molecule is COCC(=O)NN=C(C)CC(=O)NC[C@H]1CCCO1. The lowest BCUT2D eigenvalue weighted by Gasteiger charge is -2.10. The average molecular weight is 271 g/mol. The highest BCUT2D eigenvalue weighted by molar-refractivity contribution is 6.00. The van der Waals surface area contributed by atoms with Crippen LogP contribution >= 0.6 is 0 Å². The van der Waals surface area contributed by atoms with Crippen molar-refractivity contribution in [1.29, 1.82) is 0 Å². The van der Waals surface area contributed by atoms with Gasteiger partial charge in [0.25, 0.3) is 5.91 Å². The van der Waals surface area contributed by atoms with Gasteiger partial charge in [-0.15, -0.1) is 0 Å². The summed E-state index contributed by atoms with van der Waals surface area (Å²) in [5.41, 5.74) is 2.84. The van der Waals surface area contributed by atoms with Crippen LogP contribution in [0.5, 0.6) is 0 Å². The van der Waals surface area contributed by atoms with E-state index in [0.29, 0.717) is 12.3 Å². The molecule has 1 rings (SSSR count). The van der Waals surface area contributed by atoms with Gasteiger partial charge in [-0.1, -0.05) is 0 Å². The topological polar surface area (TPSA) is 89.0 Å². The van der Waals surface area contributed by atoms with Gasteiger partial charge in [0.15, 0.2) is 0 Å². The first kappa shape index (κ1) is 15.6. The predicted molar refractivity (Wildman–Crippen MR) is 69.7 cm³/mol. The van der Waals surface area contributed by atoms with Gasteiger partial charge in [-0.2, -0.15) is 5.10 Å². The van der Waals surface area contributed by atoms with Crippen LogP contribution in [-0.4, -0.2) is 50.5 Å². The van der Waals surface area contributed by atoms with E-state index < -0.39 is 0 Å². The monoisotopic (exact) mass is 271 g/mol. The first-order valence-corrected chi connectivity index (χ1v) is 6.31. The zero-order valence-electron chi connectivity index (χ0n) is 11.4. The van der Waals surface area contributed by atoms with E-state index in [-0.39, 0.29) is 30.9 Å². The second-order valence-electron chi connectivity index (χ2n) is 4.43. The second-order valence-corrected chi connectivity index (χ2v) is 4.43. The standard InChI is InChI=1S/C12H21N3O4/c1-9(14-15-12(17)8-18-2)6-11(16)13-7-10-4-3-5-19-10/h10H,3-8H2,1-2H3,(H,13,16)(H,15,17)/t10-/m1/s1. The van der Waals surface area contributed by atoms with Crippen molar-refractivity contribution in [2.75, 3.05) is 26.9 Å². The number of ether oxygens (including phenoxy) is 2. The summed E-state index contributed by atoms with van der Waals surface area (Å²) < 4.78 is 10.0. The van der Waals surface area contributed by atoms with Crippen LogP contribution in [0, 0.1) is 0 Å². The van der Waals surface area contributed by atoms with Gasteiger partial charge in [-0.25, -0.2) is 5.43 Å². The first-order valence-electron chi connectivity index (χ1n) is 6.31. The van der Waals surface area contributed by atoms with E-state index in [9.17, 15) is 9.59 Å². The van der Waals surface area contributed by atoms with Crippen molar-refractivity contribution >= 4 is 17.5 Å². The van der Waals surface area contributed by atoms with E-state index >= 15 is 0 Å². The van der Waals surface area contributed by atoms with Crippen molar-refractivity contribution in [3.63, 3.8) is 0 Å². The molecule has 1 aliphatic heterocycles. The predicted octanol–water partition coefficient (Wildman–Crippen LogP) is -0.190. The summed E-state index contributed by atoms with van der Waals surface area (Å²) >= 11 is 0. The third kappa shape index (κ3) is 6.88. The fraction of sp³-hybridized carbons (Fsp3) is 0.750. The Kier molecular flexibility index (Phi) is 7.06. The van der Waals surface area contributed by atoms with Crippen molar-refractivity contribution in [2.45, 2.75) is 32.3 Å². The molecule has 0 aromatic heterocycles. The molecular formula is C12H21N3O4. The van der Waals surface area contributed by atoms with Gasteiger partial charge in [-0.05, 0) is 19.8 Å². The van der Waals surface area contributed by atoms with Gasteiger partial charge in [0.2, 0.25) is 5.91 Å². The third-order valence-electron chi connectivity index (χ3n) is 2.61. The number of rotatable bonds is 7. The minimum Gasteiger partial charge on any atom is -0.376 e. The van der Waals surface area contributed by atoms with Crippen LogP contribution in [-0.2, 0) is 19.1 Å². The Bertz CT molecular complexity index is 338. The number of hydrazone groups is 1. The minimum atomic E-state index is -0.346. The molecular weight excluding hydrogens is 250 g/mol. The number of carbonyl (C=O) groups is 2. The highest BCUT2D eigenvalue weighted by Gasteiger charge is 2.16. The third-order valence-corrected chi connectivity index (χ3v) is 2.61. The molecule has 7 heteroatoms. The summed E-state index contributed by atoms with van der Waals surface area (Å²) in [6.07, 6.45) is 2.31. The number of hydrogen-bond acceptors (Lipinski definition) is 5. The molecule has 0 saturated carbocycles. The highest BCUT2D eigenvalue weighted by Crippen LogP contribution is 2.10. The van der Waals surface area contributed by atoms with Crippen LogP contribution in [0.2, 0.25) is 0 Å². The molecule has 0 aliphatic carbocycles. The molecule has 1 atom stereocenters. The van der Waals surface area contributed by atoms with Gasteiger partial charge < -0.3 is 14.8 Å². The van der Waals surface area contributed by atoms with Crippen molar-refractivity contribution in [2.24, 2.45) is 5.10 Å². The normalized spacial score (nSPS) is 19.3. The molecule has 19 heavy (non-hydrogen) atoms. The Hall–Kier alpha value is -1.47. The van der Waals surface area contributed by atoms with E-state index in [1.807, 2.05) is 0 Å². The van der Waals surface area contributed by atoms with Gasteiger partial charge in [0.05, 0.1) is 12.5 Å². The van der Waals surface area contributed by atoms with E-state index in [2.05, 4.69) is 20.6 Å². The molecule has 0 aromatic rings. The van der Waals surface area contributed by atoms with Crippen molar-refractivity contribution in [3.8, 4) is 0 Å². The number of carbonyl (C=O) groups excluding carboxylic acids is 2. The average Bonchev–Trinajstić information content (AvgIpc) is 2.87.